The van der Waals surface area contributed by atoms with Crippen LogP contribution in [-0.2, 0) is 16.1 Å². The minimum absolute atomic E-state index is 0.0165. The first kappa shape index (κ1) is 19.4. The highest BCUT2D eigenvalue weighted by Crippen LogP contribution is 2.04. The summed E-state index contributed by atoms with van der Waals surface area (Å²) in [7, 11) is 1.50. The average Bonchev–Trinajstić information content (AvgIpc) is 2.54. The summed E-state index contributed by atoms with van der Waals surface area (Å²) in [5.74, 6) is -0.578. The number of carbonyl (C=O) groups is 2. The maximum atomic E-state index is 12.3. The molecule has 1 aromatic heterocycles. The van der Waals surface area contributed by atoms with Gasteiger partial charge in [0.25, 0.3) is 5.56 Å². The van der Waals surface area contributed by atoms with Crippen molar-refractivity contribution in [2.24, 2.45) is 0 Å². The van der Waals surface area contributed by atoms with E-state index in [2.05, 4.69) is 5.10 Å². The van der Waals surface area contributed by atoms with Gasteiger partial charge in [0.05, 0.1) is 12.2 Å². The van der Waals surface area contributed by atoms with Gasteiger partial charge in [0.15, 0.2) is 0 Å². The summed E-state index contributed by atoms with van der Waals surface area (Å²) >= 11 is 0. The number of nitrogens with zero attached hydrogens (tertiary/aromatic N) is 5. The van der Waals surface area contributed by atoms with Crippen molar-refractivity contribution < 1.29 is 9.59 Å². The first-order valence-corrected chi connectivity index (χ1v) is 7.76. The van der Waals surface area contributed by atoms with Gasteiger partial charge in [0.1, 0.15) is 18.2 Å². The zero-order valence-electron chi connectivity index (χ0n) is 14.8. The summed E-state index contributed by atoms with van der Waals surface area (Å²) in [6.07, 6.45) is 0. The van der Waals surface area contributed by atoms with E-state index in [0.717, 1.165) is 4.68 Å². The number of nitriles is 1. The quantitative estimate of drug-likeness (QED) is 0.733. The van der Waals surface area contributed by atoms with Gasteiger partial charge in [-0.05, 0) is 33.3 Å². The Kier molecular flexibility index (Phi) is 6.65. The normalized spacial score (nSPS) is 10.2. The van der Waals surface area contributed by atoms with E-state index >= 15 is 0 Å². The highest BCUT2D eigenvalue weighted by molar-refractivity contribution is 5.84. The minimum Gasteiger partial charge on any atom is -0.342 e. The van der Waals surface area contributed by atoms with Gasteiger partial charge in [-0.1, -0.05) is 0 Å². The predicted octanol–water partition coefficient (Wildman–Crippen LogP) is 0.0586. The molecule has 8 heteroatoms. The number of hydrogen-bond acceptors (Lipinski definition) is 5. The first-order chi connectivity index (χ1) is 11.3. The number of likely N-dealkylation sites (N-methyl/N-ethyl adjacent to an activating group) is 2. The Hall–Kier alpha value is -2.69. The molecule has 0 saturated heterocycles. The van der Waals surface area contributed by atoms with Gasteiger partial charge in [-0.25, -0.2) is 4.68 Å². The lowest BCUT2D eigenvalue weighted by atomic mass is 10.1. The predicted molar refractivity (Wildman–Crippen MR) is 88.3 cm³/mol. The van der Waals surface area contributed by atoms with Crippen molar-refractivity contribution in [2.45, 2.75) is 34.2 Å². The zero-order valence-corrected chi connectivity index (χ0v) is 14.8. The Morgan fingerprint density at radius 1 is 1.21 bits per heavy atom. The van der Waals surface area contributed by atoms with E-state index in [1.54, 1.807) is 18.7 Å². The van der Waals surface area contributed by atoms with Crippen LogP contribution in [-0.4, -0.2) is 58.1 Å². The maximum absolute atomic E-state index is 12.3. The van der Waals surface area contributed by atoms with E-state index in [4.69, 9.17) is 5.26 Å². The molecular weight excluding hydrogens is 310 g/mol. The lowest BCUT2D eigenvalue weighted by Crippen LogP contribution is -2.43. The van der Waals surface area contributed by atoms with Crippen LogP contribution in [0.3, 0.4) is 0 Å². The monoisotopic (exact) mass is 333 g/mol. The second-order valence-electron chi connectivity index (χ2n) is 5.48. The third kappa shape index (κ3) is 4.19. The smallest absolute Gasteiger partial charge is 0.285 e. The maximum Gasteiger partial charge on any atom is 0.285 e. The Morgan fingerprint density at radius 2 is 1.79 bits per heavy atom. The molecule has 1 rings (SSSR count). The van der Waals surface area contributed by atoms with Crippen LogP contribution in [0.2, 0.25) is 0 Å². The first-order valence-electron chi connectivity index (χ1n) is 7.76. The molecule has 0 radical (unpaired) electrons. The van der Waals surface area contributed by atoms with Crippen LogP contribution in [0.15, 0.2) is 4.79 Å². The van der Waals surface area contributed by atoms with E-state index in [1.807, 2.05) is 19.9 Å². The molecule has 0 unspecified atom stereocenters. The molecule has 0 spiro atoms. The molecule has 130 valence electrons. The van der Waals surface area contributed by atoms with E-state index in [1.165, 1.54) is 11.9 Å². The van der Waals surface area contributed by atoms with Crippen molar-refractivity contribution >= 4 is 11.8 Å². The van der Waals surface area contributed by atoms with E-state index in [-0.39, 0.29) is 24.6 Å². The van der Waals surface area contributed by atoms with E-state index in [9.17, 15) is 14.4 Å². The zero-order chi connectivity index (χ0) is 18.4. The third-order valence-electron chi connectivity index (χ3n) is 3.95. The van der Waals surface area contributed by atoms with Crippen LogP contribution in [0.5, 0.6) is 0 Å². The largest absolute Gasteiger partial charge is 0.342 e. The lowest BCUT2D eigenvalue weighted by molar-refractivity contribution is -0.139. The molecule has 2 amide bonds. The number of aromatic nitrogens is 2. The summed E-state index contributed by atoms with van der Waals surface area (Å²) in [4.78, 5) is 39.4. The third-order valence-corrected chi connectivity index (χ3v) is 3.95. The minimum atomic E-state index is -0.600. The molecule has 0 fully saturated rings. The Labute approximate surface area is 141 Å². The number of aryl methyl sites for hydroxylation is 1. The molecule has 8 nitrogen and oxygen atoms in total. The summed E-state index contributed by atoms with van der Waals surface area (Å²) in [6.45, 7) is 7.81. The van der Waals surface area contributed by atoms with Crippen molar-refractivity contribution in [3.63, 3.8) is 0 Å². The van der Waals surface area contributed by atoms with Crippen LogP contribution in [0, 0.1) is 25.2 Å². The van der Waals surface area contributed by atoms with Crippen LogP contribution in [0.4, 0.5) is 0 Å². The van der Waals surface area contributed by atoms with Crippen LogP contribution >= 0.6 is 0 Å². The molecule has 0 N–H and O–H groups in total. The topological polar surface area (TPSA) is 99.3 Å². The molecular formula is C16H23N5O3. The molecule has 0 aliphatic heterocycles. The standard InChI is InChI=1S/C16H23N5O3/c1-6-20(7-2)15(23)9-19(5)14(22)10-21-16(24)13(8-17)11(3)12(4)18-21/h6-7,9-10H2,1-5H3. The number of carbonyl (C=O) groups excluding carboxylic acids is 2. The molecule has 1 heterocycles. The molecule has 0 bridgehead atoms. The van der Waals surface area contributed by atoms with Gasteiger partial charge in [-0.3, -0.25) is 14.4 Å². The molecule has 1 aromatic rings. The highest BCUT2D eigenvalue weighted by Gasteiger charge is 2.19. The second kappa shape index (κ2) is 8.24. The van der Waals surface area contributed by atoms with Gasteiger partial charge < -0.3 is 9.80 Å². The van der Waals surface area contributed by atoms with Crippen molar-refractivity contribution in [3.05, 3.63) is 27.2 Å². The van der Waals surface area contributed by atoms with Crippen molar-refractivity contribution in [3.8, 4) is 6.07 Å². The lowest BCUT2D eigenvalue weighted by Gasteiger charge is -2.23. The molecule has 0 aliphatic rings. The molecule has 0 atom stereocenters. The van der Waals surface area contributed by atoms with Crippen LogP contribution in [0.25, 0.3) is 0 Å². The molecule has 0 aliphatic carbocycles. The van der Waals surface area contributed by atoms with Crippen LogP contribution in [0.1, 0.15) is 30.7 Å². The second-order valence-corrected chi connectivity index (χ2v) is 5.48. The molecule has 0 saturated carbocycles. The molecule has 0 aromatic carbocycles. The fourth-order valence-corrected chi connectivity index (χ4v) is 2.23. The number of rotatable bonds is 6. The van der Waals surface area contributed by atoms with Gasteiger partial charge >= 0.3 is 0 Å². The number of amides is 2. The van der Waals surface area contributed by atoms with Crippen molar-refractivity contribution in [1.82, 2.24) is 19.6 Å². The van der Waals surface area contributed by atoms with E-state index < -0.39 is 11.5 Å². The Bertz CT molecular complexity index is 728. The fourth-order valence-electron chi connectivity index (χ4n) is 2.23. The summed E-state index contributed by atoms with van der Waals surface area (Å²) in [5.41, 5.74) is 0.409. The SMILES string of the molecule is CCN(CC)C(=O)CN(C)C(=O)Cn1nc(C)c(C)c(C#N)c1=O. The van der Waals surface area contributed by atoms with Gasteiger partial charge in [-0.2, -0.15) is 10.4 Å². The van der Waals surface area contributed by atoms with Gasteiger partial charge in [0.2, 0.25) is 11.8 Å². The number of hydrogen-bond donors (Lipinski definition) is 0. The fraction of sp³-hybridized carbons (Fsp3) is 0.562. The summed E-state index contributed by atoms with van der Waals surface area (Å²) in [6, 6.07) is 1.85. The van der Waals surface area contributed by atoms with E-state index in [0.29, 0.717) is 24.3 Å². The highest BCUT2D eigenvalue weighted by atomic mass is 16.2. The van der Waals surface area contributed by atoms with Gasteiger partial charge in [0, 0.05) is 20.1 Å². The molecule has 24 heavy (non-hydrogen) atoms. The average molecular weight is 333 g/mol. The Morgan fingerprint density at radius 3 is 2.29 bits per heavy atom. The van der Waals surface area contributed by atoms with Crippen LogP contribution < -0.4 is 5.56 Å². The summed E-state index contributed by atoms with van der Waals surface area (Å²) < 4.78 is 0.974. The van der Waals surface area contributed by atoms with Gasteiger partial charge in [-0.15, -0.1) is 0 Å². The van der Waals surface area contributed by atoms with Crippen molar-refractivity contribution in [2.75, 3.05) is 26.7 Å². The summed E-state index contributed by atoms with van der Waals surface area (Å²) in [5, 5.41) is 13.1. The van der Waals surface area contributed by atoms with Crippen molar-refractivity contribution in [1.29, 1.82) is 5.26 Å². The Balaban J connectivity index is 2.93.